The monoisotopic (exact) mass is 253 g/mol. The average molecular weight is 253 g/mol. The maximum absolute atomic E-state index is 12.9. The number of halogens is 1. The van der Waals surface area contributed by atoms with Crippen molar-refractivity contribution < 1.29 is 9.13 Å². The number of rotatable bonds is 8. The molecule has 0 aromatic heterocycles. The lowest BCUT2D eigenvalue weighted by Crippen LogP contribution is -2.34. The van der Waals surface area contributed by atoms with Gasteiger partial charge in [-0.2, -0.15) is 0 Å². The largest absolute Gasteiger partial charge is 0.383 e. The summed E-state index contributed by atoms with van der Waals surface area (Å²) in [6, 6.07) is 6.81. The van der Waals surface area contributed by atoms with Gasteiger partial charge in [0.05, 0.1) is 6.61 Å². The van der Waals surface area contributed by atoms with E-state index in [-0.39, 0.29) is 11.2 Å². The molecule has 102 valence electrons. The summed E-state index contributed by atoms with van der Waals surface area (Å²) in [6.45, 7) is 7.01. The fraction of sp³-hybridized carbons (Fsp3) is 0.600. The standard InChI is InChI=1S/C15H24FNO/c1-4-15(2,12-17-9-10-18-3)11-13-5-7-14(16)8-6-13/h5-8,17H,4,9-12H2,1-3H3. The summed E-state index contributed by atoms with van der Waals surface area (Å²) in [5.74, 6) is -0.171. The van der Waals surface area contributed by atoms with Crippen molar-refractivity contribution >= 4 is 0 Å². The Hall–Kier alpha value is -0.930. The van der Waals surface area contributed by atoms with Crippen LogP contribution in [0, 0.1) is 11.2 Å². The van der Waals surface area contributed by atoms with E-state index in [2.05, 4.69) is 19.2 Å². The second-order valence-corrected chi connectivity index (χ2v) is 5.14. The van der Waals surface area contributed by atoms with Gasteiger partial charge < -0.3 is 10.1 Å². The highest BCUT2D eigenvalue weighted by atomic mass is 19.1. The summed E-state index contributed by atoms with van der Waals surface area (Å²) in [7, 11) is 1.71. The Bertz CT molecular complexity index is 339. The lowest BCUT2D eigenvalue weighted by Gasteiger charge is -2.29. The molecule has 0 aliphatic heterocycles. The number of nitrogens with one attached hydrogen (secondary N) is 1. The van der Waals surface area contributed by atoms with Crippen LogP contribution >= 0.6 is 0 Å². The summed E-state index contributed by atoms with van der Waals surface area (Å²) < 4.78 is 17.9. The molecule has 18 heavy (non-hydrogen) atoms. The van der Waals surface area contributed by atoms with E-state index in [0.29, 0.717) is 0 Å². The first-order valence-corrected chi connectivity index (χ1v) is 6.54. The SMILES string of the molecule is CCC(C)(CNCCOC)Cc1ccc(F)cc1. The topological polar surface area (TPSA) is 21.3 Å². The molecule has 0 bridgehead atoms. The van der Waals surface area contributed by atoms with E-state index in [0.717, 1.165) is 32.5 Å². The Labute approximate surface area is 110 Å². The van der Waals surface area contributed by atoms with E-state index in [1.807, 2.05) is 12.1 Å². The second kappa shape index (κ2) is 7.49. The molecule has 1 aromatic rings. The van der Waals surface area contributed by atoms with Gasteiger partial charge in [-0.05, 0) is 36.0 Å². The Balaban J connectivity index is 2.50. The first-order chi connectivity index (χ1) is 8.59. The predicted octanol–water partition coefficient (Wildman–Crippen LogP) is 3.02. The van der Waals surface area contributed by atoms with E-state index < -0.39 is 0 Å². The fourth-order valence-corrected chi connectivity index (χ4v) is 1.97. The quantitative estimate of drug-likeness (QED) is 0.719. The summed E-state index contributed by atoms with van der Waals surface area (Å²) in [4.78, 5) is 0. The zero-order valence-electron chi connectivity index (χ0n) is 11.6. The van der Waals surface area contributed by atoms with Crippen LogP contribution in [-0.4, -0.2) is 26.8 Å². The number of hydrogen-bond acceptors (Lipinski definition) is 2. The molecule has 0 fully saturated rings. The van der Waals surface area contributed by atoms with Crippen molar-refractivity contribution in [3.8, 4) is 0 Å². The molecule has 0 amide bonds. The molecular weight excluding hydrogens is 229 g/mol. The van der Waals surface area contributed by atoms with Crippen molar-refractivity contribution in [2.75, 3.05) is 26.8 Å². The maximum Gasteiger partial charge on any atom is 0.123 e. The lowest BCUT2D eigenvalue weighted by atomic mass is 9.81. The Kier molecular flexibility index (Phi) is 6.30. The first kappa shape index (κ1) is 15.1. The Morgan fingerprint density at radius 1 is 1.28 bits per heavy atom. The minimum atomic E-state index is -0.171. The van der Waals surface area contributed by atoms with Gasteiger partial charge in [0.25, 0.3) is 0 Å². The van der Waals surface area contributed by atoms with Crippen LogP contribution in [0.3, 0.4) is 0 Å². The van der Waals surface area contributed by atoms with E-state index in [4.69, 9.17) is 4.74 Å². The van der Waals surface area contributed by atoms with Crippen LogP contribution in [0.1, 0.15) is 25.8 Å². The summed E-state index contributed by atoms with van der Waals surface area (Å²) in [5, 5.41) is 3.41. The molecule has 0 heterocycles. The summed E-state index contributed by atoms with van der Waals surface area (Å²) in [6.07, 6.45) is 2.05. The van der Waals surface area contributed by atoms with Gasteiger partial charge in [0.1, 0.15) is 5.82 Å². The van der Waals surface area contributed by atoms with E-state index >= 15 is 0 Å². The molecule has 1 unspecified atom stereocenters. The summed E-state index contributed by atoms with van der Waals surface area (Å²) >= 11 is 0. The highest BCUT2D eigenvalue weighted by Gasteiger charge is 2.22. The molecule has 0 spiro atoms. The highest BCUT2D eigenvalue weighted by Crippen LogP contribution is 2.25. The Morgan fingerprint density at radius 3 is 2.50 bits per heavy atom. The van der Waals surface area contributed by atoms with Crippen molar-refractivity contribution in [3.05, 3.63) is 35.6 Å². The molecule has 0 saturated carbocycles. The smallest absolute Gasteiger partial charge is 0.123 e. The normalized spacial score (nSPS) is 14.4. The number of hydrogen-bond donors (Lipinski definition) is 1. The van der Waals surface area contributed by atoms with E-state index in [1.54, 1.807) is 7.11 Å². The van der Waals surface area contributed by atoms with Crippen molar-refractivity contribution in [3.63, 3.8) is 0 Å². The molecule has 0 saturated heterocycles. The summed E-state index contributed by atoms with van der Waals surface area (Å²) in [5.41, 5.74) is 1.39. The lowest BCUT2D eigenvalue weighted by molar-refractivity contribution is 0.191. The number of benzene rings is 1. The zero-order chi connectivity index (χ0) is 13.4. The van der Waals surface area contributed by atoms with Crippen molar-refractivity contribution in [1.29, 1.82) is 0 Å². The van der Waals surface area contributed by atoms with Crippen LogP contribution in [-0.2, 0) is 11.2 Å². The first-order valence-electron chi connectivity index (χ1n) is 6.54. The van der Waals surface area contributed by atoms with Crippen molar-refractivity contribution in [2.24, 2.45) is 5.41 Å². The maximum atomic E-state index is 12.9. The molecular formula is C15H24FNO. The van der Waals surface area contributed by atoms with E-state index in [9.17, 15) is 4.39 Å². The molecule has 3 heteroatoms. The molecule has 1 aromatic carbocycles. The highest BCUT2D eigenvalue weighted by molar-refractivity contribution is 5.17. The molecule has 1 N–H and O–H groups in total. The van der Waals surface area contributed by atoms with Crippen molar-refractivity contribution in [1.82, 2.24) is 5.32 Å². The molecule has 1 atom stereocenters. The zero-order valence-corrected chi connectivity index (χ0v) is 11.6. The van der Waals surface area contributed by atoms with Gasteiger partial charge in [-0.15, -0.1) is 0 Å². The van der Waals surface area contributed by atoms with Gasteiger partial charge in [0.2, 0.25) is 0 Å². The second-order valence-electron chi connectivity index (χ2n) is 5.14. The van der Waals surface area contributed by atoms with Crippen LogP contribution in [0.5, 0.6) is 0 Å². The fourth-order valence-electron chi connectivity index (χ4n) is 1.97. The number of methoxy groups -OCH3 is 1. The van der Waals surface area contributed by atoms with Crippen LogP contribution in [0.2, 0.25) is 0 Å². The molecule has 0 aliphatic rings. The minimum Gasteiger partial charge on any atom is -0.383 e. The van der Waals surface area contributed by atoms with Gasteiger partial charge in [0.15, 0.2) is 0 Å². The van der Waals surface area contributed by atoms with E-state index in [1.165, 1.54) is 17.7 Å². The average Bonchev–Trinajstić information content (AvgIpc) is 2.38. The Morgan fingerprint density at radius 2 is 1.94 bits per heavy atom. The van der Waals surface area contributed by atoms with Gasteiger partial charge in [-0.3, -0.25) is 0 Å². The predicted molar refractivity (Wildman–Crippen MR) is 73.2 cm³/mol. The minimum absolute atomic E-state index is 0.171. The van der Waals surface area contributed by atoms with Crippen LogP contribution in [0.15, 0.2) is 24.3 Å². The third kappa shape index (κ3) is 5.15. The van der Waals surface area contributed by atoms with Gasteiger partial charge in [0, 0.05) is 20.2 Å². The molecule has 2 nitrogen and oxygen atoms in total. The number of ether oxygens (including phenoxy) is 1. The van der Waals surface area contributed by atoms with Crippen LogP contribution in [0.4, 0.5) is 4.39 Å². The van der Waals surface area contributed by atoms with Gasteiger partial charge >= 0.3 is 0 Å². The third-order valence-corrected chi connectivity index (χ3v) is 3.43. The molecule has 0 radical (unpaired) electrons. The third-order valence-electron chi connectivity index (χ3n) is 3.43. The van der Waals surface area contributed by atoms with Crippen LogP contribution < -0.4 is 5.32 Å². The van der Waals surface area contributed by atoms with Crippen molar-refractivity contribution in [2.45, 2.75) is 26.7 Å². The van der Waals surface area contributed by atoms with Crippen LogP contribution in [0.25, 0.3) is 0 Å². The van der Waals surface area contributed by atoms with Gasteiger partial charge in [-0.1, -0.05) is 26.0 Å². The van der Waals surface area contributed by atoms with Gasteiger partial charge in [-0.25, -0.2) is 4.39 Å². The molecule has 1 rings (SSSR count). The molecule has 0 aliphatic carbocycles.